The Kier molecular flexibility index (Phi) is 3.81. The van der Waals surface area contributed by atoms with Gasteiger partial charge < -0.3 is 5.11 Å². The number of Topliss-reactive ketones (excluding diaryl/α,β-unsaturated/α-hetero) is 1. The van der Waals surface area contributed by atoms with Gasteiger partial charge in [0.1, 0.15) is 5.78 Å². The lowest BCUT2D eigenvalue weighted by Gasteiger charge is -2.58. The monoisotopic (exact) mass is 330 g/mol. The quantitative estimate of drug-likeness (QED) is 0.694. The second kappa shape index (κ2) is 5.43. The van der Waals surface area contributed by atoms with Crippen molar-refractivity contribution in [1.29, 1.82) is 0 Å². The lowest BCUT2D eigenvalue weighted by molar-refractivity contribution is -0.127. The van der Waals surface area contributed by atoms with Crippen LogP contribution < -0.4 is 0 Å². The Hall–Kier alpha value is -0.630. The molecule has 0 aromatic heterocycles. The van der Waals surface area contributed by atoms with Gasteiger partial charge in [-0.25, -0.2) is 0 Å². The molecule has 1 N–H and O–H groups in total. The first-order valence-corrected chi connectivity index (χ1v) is 10.1. The van der Waals surface area contributed by atoms with E-state index in [1.54, 1.807) is 11.1 Å². The van der Waals surface area contributed by atoms with E-state index in [0.29, 0.717) is 17.1 Å². The van der Waals surface area contributed by atoms with Gasteiger partial charge in [-0.2, -0.15) is 0 Å². The minimum Gasteiger partial charge on any atom is -0.393 e. The van der Waals surface area contributed by atoms with Gasteiger partial charge in [-0.05, 0) is 93.8 Å². The zero-order chi connectivity index (χ0) is 17.3. The van der Waals surface area contributed by atoms with Crippen LogP contribution in [0.5, 0.6) is 0 Å². The lowest BCUT2D eigenvalue weighted by atomic mass is 9.46. The van der Waals surface area contributed by atoms with Crippen LogP contribution in [0.2, 0.25) is 0 Å². The van der Waals surface area contributed by atoms with Gasteiger partial charge in [0.2, 0.25) is 0 Å². The molecular weight excluding hydrogens is 296 g/mol. The second-order valence-electron chi connectivity index (χ2n) is 9.94. The number of allylic oxidation sites excluding steroid dienone is 1. The number of rotatable bonds is 1. The van der Waals surface area contributed by atoms with Crippen molar-refractivity contribution in [2.45, 2.75) is 85.2 Å². The molecule has 0 bridgehead atoms. The first kappa shape index (κ1) is 16.8. The second-order valence-corrected chi connectivity index (χ2v) is 9.94. The van der Waals surface area contributed by atoms with Crippen LogP contribution in [0, 0.1) is 34.5 Å². The molecule has 4 aliphatic carbocycles. The lowest BCUT2D eigenvalue weighted by Crippen LogP contribution is -2.51. The third-order valence-corrected chi connectivity index (χ3v) is 8.93. The summed E-state index contributed by atoms with van der Waals surface area (Å²) in [6.07, 6.45) is 9.00. The van der Waals surface area contributed by atoms with Gasteiger partial charge in [-0.3, -0.25) is 4.79 Å². The van der Waals surface area contributed by atoms with Crippen LogP contribution in [0.4, 0.5) is 0 Å². The van der Waals surface area contributed by atoms with Crippen LogP contribution in [-0.2, 0) is 4.79 Å². The van der Waals surface area contributed by atoms with Crippen LogP contribution >= 0.6 is 0 Å². The summed E-state index contributed by atoms with van der Waals surface area (Å²) in [7, 11) is 0. The molecule has 3 fully saturated rings. The van der Waals surface area contributed by atoms with Crippen molar-refractivity contribution in [2.24, 2.45) is 34.5 Å². The first-order valence-electron chi connectivity index (χ1n) is 10.1. The highest BCUT2D eigenvalue weighted by Crippen LogP contribution is 2.67. The fourth-order valence-corrected chi connectivity index (χ4v) is 7.77. The third kappa shape index (κ3) is 2.14. The molecule has 0 spiro atoms. The zero-order valence-electron chi connectivity index (χ0n) is 15.9. The first-order chi connectivity index (χ1) is 11.3. The Morgan fingerprint density at radius 2 is 1.79 bits per heavy atom. The van der Waals surface area contributed by atoms with E-state index in [1.165, 1.54) is 25.7 Å². The number of aliphatic hydroxyl groups excluding tert-OH is 1. The maximum atomic E-state index is 12.2. The summed E-state index contributed by atoms with van der Waals surface area (Å²) in [6, 6.07) is 0. The third-order valence-electron chi connectivity index (χ3n) is 8.93. The average molecular weight is 331 g/mol. The molecule has 4 aliphatic rings. The minimum atomic E-state index is -0.123. The number of carbonyl (C=O) groups excluding carboxylic acids is 1. The summed E-state index contributed by atoms with van der Waals surface area (Å²) in [5.74, 6) is 2.99. The van der Waals surface area contributed by atoms with Gasteiger partial charge in [0.15, 0.2) is 0 Å². The summed E-state index contributed by atoms with van der Waals surface area (Å²) < 4.78 is 0. The molecule has 7 atom stereocenters. The molecule has 134 valence electrons. The molecule has 0 unspecified atom stereocenters. The minimum absolute atomic E-state index is 0.123. The predicted octanol–water partition coefficient (Wildman–Crippen LogP) is 4.91. The number of ketones is 1. The predicted molar refractivity (Wildman–Crippen MR) is 96.5 cm³/mol. The van der Waals surface area contributed by atoms with Crippen LogP contribution in [0.1, 0.15) is 79.1 Å². The van der Waals surface area contributed by atoms with Crippen molar-refractivity contribution < 1.29 is 9.90 Å². The van der Waals surface area contributed by atoms with Crippen LogP contribution in [0.15, 0.2) is 11.1 Å². The van der Waals surface area contributed by atoms with Gasteiger partial charge in [-0.1, -0.05) is 25.0 Å². The van der Waals surface area contributed by atoms with Crippen molar-refractivity contribution in [3.63, 3.8) is 0 Å². The van der Waals surface area contributed by atoms with Crippen molar-refractivity contribution in [3.05, 3.63) is 11.1 Å². The number of hydrogen-bond donors (Lipinski definition) is 1. The molecule has 0 heterocycles. The van der Waals surface area contributed by atoms with E-state index in [0.717, 1.165) is 43.4 Å². The molecule has 4 rings (SSSR count). The van der Waals surface area contributed by atoms with Crippen molar-refractivity contribution in [1.82, 2.24) is 0 Å². The average Bonchev–Trinajstić information content (AvgIpc) is 2.87. The van der Waals surface area contributed by atoms with Crippen molar-refractivity contribution >= 4 is 5.78 Å². The highest BCUT2D eigenvalue weighted by atomic mass is 16.3. The van der Waals surface area contributed by atoms with Gasteiger partial charge in [-0.15, -0.1) is 0 Å². The molecule has 0 aliphatic heterocycles. The Bertz CT molecular complexity index is 591. The highest BCUT2D eigenvalue weighted by Gasteiger charge is 2.59. The SMILES string of the molecule is CC(=O)[C@@H]1CC[C@@H]2[C@H]3CC(C)=C4C[C@@H](O)CC[C@]4(C)[C@@H]3CC[C@]21C. The maximum absolute atomic E-state index is 12.2. The summed E-state index contributed by atoms with van der Waals surface area (Å²) >= 11 is 0. The fourth-order valence-electron chi connectivity index (χ4n) is 7.77. The van der Waals surface area contributed by atoms with E-state index < -0.39 is 0 Å². The molecule has 0 aromatic rings. The van der Waals surface area contributed by atoms with E-state index in [2.05, 4.69) is 20.8 Å². The van der Waals surface area contributed by atoms with Crippen LogP contribution in [0.3, 0.4) is 0 Å². The molecule has 0 saturated heterocycles. The summed E-state index contributed by atoms with van der Waals surface area (Å²) in [5.41, 5.74) is 3.71. The van der Waals surface area contributed by atoms with E-state index in [4.69, 9.17) is 0 Å². The molecule has 2 heteroatoms. The standard InChI is InChI=1S/C22H34O2/c1-13-11-16-18-6-5-17(14(2)23)21(18,3)10-8-19(16)22(4)9-7-15(24)12-20(13)22/h15-19,24H,5-12H2,1-4H3/t15-,16+,17-,18+,19+,21-,22+/m0/s1. The van der Waals surface area contributed by atoms with Crippen molar-refractivity contribution in [3.8, 4) is 0 Å². The Labute approximate surface area is 147 Å². The van der Waals surface area contributed by atoms with Crippen LogP contribution in [-0.4, -0.2) is 17.0 Å². The summed E-state index contributed by atoms with van der Waals surface area (Å²) in [4.78, 5) is 12.2. The fraction of sp³-hybridized carbons (Fsp3) is 0.864. The highest BCUT2D eigenvalue weighted by molar-refractivity contribution is 5.79. The molecule has 0 radical (unpaired) electrons. The Morgan fingerprint density at radius 1 is 1.04 bits per heavy atom. The van der Waals surface area contributed by atoms with E-state index in [1.807, 2.05) is 6.92 Å². The van der Waals surface area contributed by atoms with E-state index in [-0.39, 0.29) is 11.5 Å². The Morgan fingerprint density at radius 3 is 2.50 bits per heavy atom. The van der Waals surface area contributed by atoms with Gasteiger partial charge in [0.25, 0.3) is 0 Å². The van der Waals surface area contributed by atoms with Crippen LogP contribution in [0.25, 0.3) is 0 Å². The Balaban J connectivity index is 1.71. The molecular formula is C22H34O2. The van der Waals surface area contributed by atoms with Crippen molar-refractivity contribution in [2.75, 3.05) is 0 Å². The summed E-state index contributed by atoms with van der Waals surface area (Å²) in [6.45, 7) is 9.06. The molecule has 2 nitrogen and oxygen atoms in total. The normalized spacial score (nSPS) is 51.0. The molecule has 3 saturated carbocycles. The number of aliphatic hydroxyl groups is 1. The topological polar surface area (TPSA) is 37.3 Å². The number of carbonyl (C=O) groups is 1. The van der Waals surface area contributed by atoms with Gasteiger partial charge in [0.05, 0.1) is 6.10 Å². The summed E-state index contributed by atoms with van der Waals surface area (Å²) in [5, 5.41) is 10.2. The molecule has 0 amide bonds. The number of fused-ring (bicyclic) bond motifs is 5. The van der Waals surface area contributed by atoms with E-state index in [9.17, 15) is 9.90 Å². The smallest absolute Gasteiger partial charge is 0.133 e. The zero-order valence-corrected chi connectivity index (χ0v) is 15.9. The molecule has 0 aromatic carbocycles. The number of hydrogen-bond acceptors (Lipinski definition) is 2. The van der Waals surface area contributed by atoms with Gasteiger partial charge in [0, 0.05) is 5.92 Å². The van der Waals surface area contributed by atoms with E-state index >= 15 is 0 Å². The van der Waals surface area contributed by atoms with Gasteiger partial charge >= 0.3 is 0 Å². The molecule has 24 heavy (non-hydrogen) atoms. The largest absolute Gasteiger partial charge is 0.393 e. The maximum Gasteiger partial charge on any atom is 0.133 e.